The van der Waals surface area contributed by atoms with Crippen LogP contribution >= 0.6 is 0 Å². The maximum Gasteiger partial charge on any atom is 0.416 e. The Morgan fingerprint density at radius 3 is 1.96 bits per heavy atom. The molecule has 1 unspecified atom stereocenters. The fraction of sp³-hybridized carbons (Fsp3) is 0.438. The van der Waals surface area contributed by atoms with Crippen molar-refractivity contribution in [3.63, 3.8) is 0 Å². The second-order valence-electron chi connectivity index (χ2n) is 5.33. The molecule has 1 aromatic rings. The summed E-state index contributed by atoms with van der Waals surface area (Å²) in [6, 6.07) is 1.18. The first-order valence-electron chi connectivity index (χ1n) is 6.91. The maximum atomic E-state index is 12.7. The Labute approximate surface area is 128 Å². The van der Waals surface area contributed by atoms with Crippen molar-refractivity contribution in [3.05, 3.63) is 34.9 Å². The zero-order valence-corrected chi connectivity index (χ0v) is 11.8. The first-order valence-corrected chi connectivity index (χ1v) is 6.91. The van der Waals surface area contributed by atoms with Crippen LogP contribution in [0.2, 0.25) is 0 Å². The molecule has 1 fully saturated rings. The molecular weight excluding hydrogens is 322 g/mol. The molecular formula is C16H12F6O. The van der Waals surface area contributed by atoms with Crippen molar-refractivity contribution in [3.8, 4) is 11.8 Å². The molecule has 0 radical (unpaired) electrons. The first-order chi connectivity index (χ1) is 10.6. The van der Waals surface area contributed by atoms with Gasteiger partial charge in [0.2, 0.25) is 0 Å². The molecule has 23 heavy (non-hydrogen) atoms. The van der Waals surface area contributed by atoms with Gasteiger partial charge in [-0.2, -0.15) is 26.3 Å². The predicted molar refractivity (Wildman–Crippen MR) is 70.3 cm³/mol. The third-order valence-corrected chi connectivity index (χ3v) is 3.53. The molecule has 0 heterocycles. The van der Waals surface area contributed by atoms with Gasteiger partial charge < -0.3 is 0 Å². The summed E-state index contributed by atoms with van der Waals surface area (Å²) in [7, 11) is 0. The zero-order chi connectivity index (χ0) is 17.3. The minimum Gasteiger partial charge on any atom is -0.298 e. The zero-order valence-electron chi connectivity index (χ0n) is 11.8. The second-order valence-corrected chi connectivity index (χ2v) is 5.33. The van der Waals surface area contributed by atoms with Crippen LogP contribution in [0.3, 0.4) is 0 Å². The van der Waals surface area contributed by atoms with E-state index in [0.717, 1.165) is 12.8 Å². The van der Waals surface area contributed by atoms with Crippen LogP contribution in [-0.4, -0.2) is 5.78 Å². The number of carbonyl (C=O) groups excluding carboxylic acids is 1. The highest BCUT2D eigenvalue weighted by Crippen LogP contribution is 2.36. The summed E-state index contributed by atoms with van der Waals surface area (Å²) in [5.41, 5.74) is -3.22. The Hall–Kier alpha value is -1.97. The van der Waals surface area contributed by atoms with Gasteiger partial charge in [0, 0.05) is 12.0 Å². The Morgan fingerprint density at radius 1 is 0.913 bits per heavy atom. The van der Waals surface area contributed by atoms with E-state index in [-0.39, 0.29) is 11.8 Å². The van der Waals surface area contributed by atoms with Crippen LogP contribution in [0.15, 0.2) is 18.2 Å². The predicted octanol–water partition coefficient (Wildman–Crippen LogP) is 4.84. The second kappa shape index (κ2) is 6.26. The third-order valence-electron chi connectivity index (χ3n) is 3.53. The van der Waals surface area contributed by atoms with Crippen molar-refractivity contribution in [1.29, 1.82) is 0 Å². The van der Waals surface area contributed by atoms with E-state index in [9.17, 15) is 31.1 Å². The summed E-state index contributed by atoms with van der Waals surface area (Å²) < 4.78 is 76.3. The maximum absolute atomic E-state index is 12.7. The van der Waals surface area contributed by atoms with Crippen molar-refractivity contribution in [2.75, 3.05) is 0 Å². The van der Waals surface area contributed by atoms with Crippen molar-refractivity contribution in [1.82, 2.24) is 0 Å². The van der Waals surface area contributed by atoms with E-state index in [2.05, 4.69) is 11.8 Å². The summed E-state index contributed by atoms with van der Waals surface area (Å²) in [6.07, 6.45) is -7.48. The van der Waals surface area contributed by atoms with E-state index in [0.29, 0.717) is 25.0 Å². The van der Waals surface area contributed by atoms with Crippen LogP contribution < -0.4 is 0 Å². The summed E-state index contributed by atoms with van der Waals surface area (Å²) in [4.78, 5) is 11.6. The number of hydrogen-bond acceptors (Lipinski definition) is 1. The summed E-state index contributed by atoms with van der Waals surface area (Å²) in [5, 5.41) is 0. The number of hydrogen-bond donors (Lipinski definition) is 0. The van der Waals surface area contributed by atoms with Gasteiger partial charge in [-0.1, -0.05) is 18.3 Å². The Kier molecular flexibility index (Phi) is 4.73. The largest absolute Gasteiger partial charge is 0.416 e. The lowest BCUT2D eigenvalue weighted by Crippen LogP contribution is -2.17. The lowest BCUT2D eigenvalue weighted by Gasteiger charge is -2.15. The molecule has 0 aromatic heterocycles. The lowest BCUT2D eigenvalue weighted by molar-refractivity contribution is -0.143. The molecule has 1 atom stereocenters. The highest BCUT2D eigenvalue weighted by atomic mass is 19.4. The topological polar surface area (TPSA) is 17.1 Å². The number of rotatable bonds is 0. The molecule has 0 aliphatic heterocycles. The summed E-state index contributed by atoms with van der Waals surface area (Å²) >= 11 is 0. The van der Waals surface area contributed by atoms with E-state index in [1.807, 2.05) is 0 Å². The van der Waals surface area contributed by atoms with Crippen LogP contribution in [0, 0.1) is 17.8 Å². The normalized spacial score (nSPS) is 19.2. The van der Waals surface area contributed by atoms with Gasteiger partial charge in [0.15, 0.2) is 0 Å². The first kappa shape index (κ1) is 17.4. The van der Waals surface area contributed by atoms with E-state index in [1.54, 1.807) is 0 Å². The molecule has 1 saturated carbocycles. The fourth-order valence-corrected chi connectivity index (χ4v) is 2.33. The van der Waals surface area contributed by atoms with Crippen molar-refractivity contribution in [2.24, 2.45) is 5.92 Å². The van der Waals surface area contributed by atoms with Gasteiger partial charge in [0.25, 0.3) is 0 Å². The van der Waals surface area contributed by atoms with Gasteiger partial charge in [0.1, 0.15) is 5.78 Å². The number of halogens is 6. The standard InChI is InChI=1S/C16H12F6O/c17-15(18,19)12-7-10(8-13(9-12)16(20,21)22)5-6-11-3-1-2-4-14(11)23/h7-9,11H,1-4H2. The smallest absolute Gasteiger partial charge is 0.298 e. The molecule has 0 saturated heterocycles. The molecule has 0 bridgehead atoms. The Balaban J connectivity index is 2.40. The highest BCUT2D eigenvalue weighted by Gasteiger charge is 2.36. The third kappa shape index (κ3) is 4.50. The molecule has 1 aliphatic rings. The summed E-state index contributed by atoms with van der Waals surface area (Å²) in [6.45, 7) is 0. The Morgan fingerprint density at radius 2 is 1.48 bits per heavy atom. The van der Waals surface area contributed by atoms with E-state index in [1.165, 1.54) is 0 Å². The molecule has 2 rings (SSSR count). The average Bonchev–Trinajstić information content (AvgIpc) is 2.44. The van der Waals surface area contributed by atoms with Gasteiger partial charge in [-0.05, 0) is 31.0 Å². The molecule has 7 heteroatoms. The van der Waals surface area contributed by atoms with Crippen molar-refractivity contribution >= 4 is 5.78 Å². The minimum absolute atomic E-state index is 0.0525. The van der Waals surface area contributed by atoms with Crippen LogP contribution in [0.5, 0.6) is 0 Å². The molecule has 124 valence electrons. The van der Waals surface area contributed by atoms with Gasteiger partial charge in [-0.25, -0.2) is 0 Å². The van der Waals surface area contributed by atoms with Crippen LogP contribution in [0.25, 0.3) is 0 Å². The van der Waals surface area contributed by atoms with Gasteiger partial charge in [-0.15, -0.1) is 0 Å². The quantitative estimate of drug-likeness (QED) is 0.490. The number of ketones is 1. The van der Waals surface area contributed by atoms with Crippen molar-refractivity contribution in [2.45, 2.75) is 38.0 Å². The van der Waals surface area contributed by atoms with Gasteiger partial charge >= 0.3 is 12.4 Å². The molecule has 0 amide bonds. The van der Waals surface area contributed by atoms with E-state index in [4.69, 9.17) is 0 Å². The monoisotopic (exact) mass is 334 g/mol. The highest BCUT2D eigenvalue weighted by molar-refractivity contribution is 5.84. The molecule has 1 aliphatic carbocycles. The van der Waals surface area contributed by atoms with Crippen LogP contribution in [-0.2, 0) is 17.1 Å². The number of alkyl halides is 6. The lowest BCUT2D eigenvalue weighted by atomic mass is 9.88. The number of Topliss-reactive ketones (excluding diaryl/α,β-unsaturated/α-hetero) is 1. The molecule has 1 aromatic carbocycles. The minimum atomic E-state index is -4.90. The number of benzene rings is 1. The van der Waals surface area contributed by atoms with Crippen LogP contribution in [0.1, 0.15) is 42.4 Å². The number of carbonyl (C=O) groups is 1. The van der Waals surface area contributed by atoms with Gasteiger partial charge in [0.05, 0.1) is 17.0 Å². The average molecular weight is 334 g/mol. The Bertz CT molecular complexity index is 628. The van der Waals surface area contributed by atoms with E-state index < -0.39 is 35.0 Å². The van der Waals surface area contributed by atoms with Crippen LogP contribution in [0.4, 0.5) is 26.3 Å². The SMILES string of the molecule is O=C1CCCCC1C#Cc1cc(C(F)(F)F)cc(C(F)(F)F)c1. The van der Waals surface area contributed by atoms with E-state index >= 15 is 0 Å². The molecule has 1 nitrogen and oxygen atoms in total. The molecule has 0 N–H and O–H groups in total. The molecule has 0 spiro atoms. The van der Waals surface area contributed by atoms with Crippen molar-refractivity contribution < 1.29 is 31.1 Å². The summed E-state index contributed by atoms with van der Waals surface area (Å²) in [5.74, 6) is 4.07. The fourth-order valence-electron chi connectivity index (χ4n) is 2.33. The van der Waals surface area contributed by atoms with Gasteiger partial charge in [-0.3, -0.25) is 4.79 Å².